The van der Waals surface area contributed by atoms with Gasteiger partial charge in [-0.3, -0.25) is 10.2 Å². The zero-order valence-electron chi connectivity index (χ0n) is 12.2. The Balaban J connectivity index is 0. The highest BCUT2D eigenvalue weighted by atomic mass is 16.4. The molecule has 0 aromatic heterocycles. The van der Waals surface area contributed by atoms with Crippen molar-refractivity contribution in [2.75, 3.05) is 0 Å². The fraction of sp³-hybridized carbons (Fsp3) is 0.333. The number of nitrogens with one attached hydrogen (secondary N) is 1. The highest BCUT2D eigenvalue weighted by Crippen LogP contribution is 2.10. The molecule has 110 valence electrons. The molecular weight excluding hydrogens is 254 g/mol. The summed E-state index contributed by atoms with van der Waals surface area (Å²) in [5, 5.41) is 13.5. The van der Waals surface area contributed by atoms with E-state index in [2.05, 4.69) is 49.4 Å². The minimum absolute atomic E-state index is 0.333. The third-order valence-electron chi connectivity index (χ3n) is 2.04. The van der Waals surface area contributed by atoms with E-state index in [9.17, 15) is 0 Å². The maximum absolute atomic E-state index is 9.00. The highest BCUT2D eigenvalue weighted by molar-refractivity contribution is 5.71. The Labute approximate surface area is 120 Å². The number of aryl methyl sites for hydroxylation is 2. The van der Waals surface area contributed by atoms with E-state index in [0.29, 0.717) is 0 Å². The molecule has 5 nitrogen and oxygen atoms in total. The van der Waals surface area contributed by atoms with E-state index in [1.54, 1.807) is 0 Å². The lowest BCUT2D eigenvalue weighted by Crippen LogP contribution is -2.20. The molecule has 0 amide bonds. The molecule has 1 rings (SSSR count). The number of rotatable bonds is 2. The van der Waals surface area contributed by atoms with Crippen LogP contribution in [0.4, 0.5) is 0 Å². The number of carboxylic acids is 1. The first-order chi connectivity index (χ1) is 9.26. The molecule has 0 spiro atoms. The number of nitrogens with two attached hydrogens (primary N) is 2. The normalized spacial score (nSPS) is 8.10. The largest absolute Gasteiger partial charge is 0.481 e. The van der Waals surface area contributed by atoms with Gasteiger partial charge in [-0.2, -0.15) is 0 Å². The Morgan fingerprint density at radius 3 is 1.75 bits per heavy atom. The van der Waals surface area contributed by atoms with Gasteiger partial charge in [0.25, 0.3) is 5.97 Å². The highest BCUT2D eigenvalue weighted by Gasteiger charge is 1.95. The minimum atomic E-state index is -0.833. The summed E-state index contributed by atoms with van der Waals surface area (Å²) >= 11 is 0. The second kappa shape index (κ2) is 11.6. The summed E-state index contributed by atoms with van der Waals surface area (Å²) in [6.45, 7) is 5.38. The number of carbonyl (C=O) groups is 1. The third kappa shape index (κ3) is 13.6. The Hall–Kier alpha value is -2.48. The summed E-state index contributed by atoms with van der Waals surface area (Å²) in [7, 11) is 0. The van der Waals surface area contributed by atoms with E-state index in [0.717, 1.165) is 25.3 Å². The molecule has 6 N–H and O–H groups in total. The minimum Gasteiger partial charge on any atom is -0.481 e. The van der Waals surface area contributed by atoms with Gasteiger partial charge in [-0.05, 0) is 36.1 Å². The molecule has 0 radical (unpaired) electrons. The topological polar surface area (TPSA) is 113 Å². The molecular formula is C15H23N3O2. The zero-order chi connectivity index (χ0) is 16.1. The van der Waals surface area contributed by atoms with E-state index in [4.69, 9.17) is 21.7 Å². The molecule has 0 atom stereocenters. The number of benzene rings is 1. The lowest BCUT2D eigenvalue weighted by atomic mass is 10.0. The molecule has 0 heterocycles. The van der Waals surface area contributed by atoms with E-state index in [-0.39, 0.29) is 5.96 Å². The van der Waals surface area contributed by atoms with Crippen LogP contribution in [0, 0.1) is 17.8 Å². The SMILES string of the molecule is C#Cc1cc(CC)cc(CC)c1.CC(=O)O.N=C(N)N. The van der Waals surface area contributed by atoms with Crippen molar-refractivity contribution in [3.8, 4) is 12.3 Å². The first-order valence-electron chi connectivity index (χ1n) is 6.15. The summed E-state index contributed by atoms with van der Waals surface area (Å²) in [5.41, 5.74) is 12.6. The molecule has 0 bridgehead atoms. The first kappa shape index (κ1) is 19.9. The molecule has 0 aliphatic rings. The van der Waals surface area contributed by atoms with Crippen LogP contribution in [0.25, 0.3) is 0 Å². The number of guanidine groups is 1. The molecule has 5 heteroatoms. The van der Waals surface area contributed by atoms with Gasteiger partial charge in [-0.1, -0.05) is 25.8 Å². The molecule has 0 fully saturated rings. The quantitative estimate of drug-likeness (QED) is 0.374. The summed E-state index contributed by atoms with van der Waals surface area (Å²) in [6.07, 6.45) is 7.46. The summed E-state index contributed by atoms with van der Waals surface area (Å²) in [5.74, 6) is 1.51. The molecule has 0 saturated carbocycles. The average Bonchev–Trinajstić information content (AvgIpc) is 2.36. The maximum atomic E-state index is 9.00. The lowest BCUT2D eigenvalue weighted by molar-refractivity contribution is -0.134. The van der Waals surface area contributed by atoms with Crippen LogP contribution in [-0.4, -0.2) is 17.0 Å². The number of hydrogen-bond donors (Lipinski definition) is 4. The third-order valence-corrected chi connectivity index (χ3v) is 2.04. The van der Waals surface area contributed by atoms with E-state index >= 15 is 0 Å². The predicted octanol–water partition coefficient (Wildman–Crippen LogP) is 1.72. The van der Waals surface area contributed by atoms with Crippen LogP contribution < -0.4 is 11.5 Å². The number of hydrogen-bond acceptors (Lipinski definition) is 2. The Morgan fingerprint density at radius 1 is 1.25 bits per heavy atom. The van der Waals surface area contributed by atoms with Gasteiger partial charge >= 0.3 is 0 Å². The smallest absolute Gasteiger partial charge is 0.300 e. The van der Waals surface area contributed by atoms with E-state index in [1.165, 1.54) is 11.1 Å². The molecule has 20 heavy (non-hydrogen) atoms. The van der Waals surface area contributed by atoms with Crippen molar-refractivity contribution in [1.82, 2.24) is 0 Å². The van der Waals surface area contributed by atoms with Crippen LogP contribution in [0.5, 0.6) is 0 Å². The second-order valence-corrected chi connectivity index (χ2v) is 3.86. The Morgan fingerprint density at radius 2 is 1.55 bits per heavy atom. The van der Waals surface area contributed by atoms with Gasteiger partial charge in [-0.25, -0.2) is 0 Å². The summed E-state index contributed by atoms with van der Waals surface area (Å²) in [6, 6.07) is 6.39. The number of carboxylic acid groups (broad SMARTS) is 1. The molecule has 0 unspecified atom stereocenters. The van der Waals surface area contributed by atoms with Crippen molar-refractivity contribution < 1.29 is 9.90 Å². The fourth-order valence-corrected chi connectivity index (χ4v) is 1.25. The first-order valence-corrected chi connectivity index (χ1v) is 6.15. The van der Waals surface area contributed by atoms with Crippen LogP contribution in [0.1, 0.15) is 37.5 Å². The Kier molecular flexibility index (Phi) is 11.5. The van der Waals surface area contributed by atoms with Gasteiger partial charge in [-0.15, -0.1) is 6.42 Å². The summed E-state index contributed by atoms with van der Waals surface area (Å²) < 4.78 is 0. The second-order valence-electron chi connectivity index (χ2n) is 3.86. The van der Waals surface area contributed by atoms with Crippen LogP contribution in [0.15, 0.2) is 18.2 Å². The van der Waals surface area contributed by atoms with Crippen LogP contribution in [0.3, 0.4) is 0 Å². The molecule has 0 aliphatic heterocycles. The molecule has 1 aromatic rings. The van der Waals surface area contributed by atoms with Crippen molar-refractivity contribution >= 4 is 11.9 Å². The van der Waals surface area contributed by atoms with Gasteiger partial charge in [0.1, 0.15) is 0 Å². The predicted molar refractivity (Wildman–Crippen MR) is 82.5 cm³/mol. The zero-order valence-corrected chi connectivity index (χ0v) is 12.2. The van der Waals surface area contributed by atoms with Crippen molar-refractivity contribution in [2.24, 2.45) is 11.5 Å². The molecule has 0 aliphatic carbocycles. The van der Waals surface area contributed by atoms with Crippen molar-refractivity contribution in [3.63, 3.8) is 0 Å². The monoisotopic (exact) mass is 277 g/mol. The van der Waals surface area contributed by atoms with Crippen LogP contribution >= 0.6 is 0 Å². The van der Waals surface area contributed by atoms with Gasteiger partial charge in [0.2, 0.25) is 0 Å². The molecule has 0 saturated heterocycles. The fourth-order valence-electron chi connectivity index (χ4n) is 1.25. The Bertz CT molecular complexity index is 434. The van der Waals surface area contributed by atoms with Crippen molar-refractivity contribution in [2.45, 2.75) is 33.6 Å². The standard InChI is InChI=1S/C12H14.C2H4O2.CH5N3/c1-4-10-7-11(5-2)9-12(6-3)8-10;1-2(3)4;2-1(3)4/h1,7-9H,5-6H2,2-3H3;1H3,(H,3,4);(H5,2,3,4). The summed E-state index contributed by atoms with van der Waals surface area (Å²) in [4.78, 5) is 9.00. The maximum Gasteiger partial charge on any atom is 0.300 e. The lowest BCUT2D eigenvalue weighted by Gasteiger charge is -2.02. The number of aliphatic carboxylic acids is 1. The van der Waals surface area contributed by atoms with Crippen molar-refractivity contribution in [3.05, 3.63) is 34.9 Å². The van der Waals surface area contributed by atoms with E-state index in [1.807, 2.05) is 0 Å². The van der Waals surface area contributed by atoms with Gasteiger partial charge in [0, 0.05) is 12.5 Å². The van der Waals surface area contributed by atoms with E-state index < -0.39 is 5.97 Å². The van der Waals surface area contributed by atoms with Gasteiger partial charge in [0.05, 0.1) is 0 Å². The van der Waals surface area contributed by atoms with Gasteiger partial charge < -0.3 is 16.6 Å². The molecule has 1 aromatic carbocycles. The van der Waals surface area contributed by atoms with Crippen molar-refractivity contribution in [1.29, 1.82) is 5.41 Å². The number of terminal acetylenes is 1. The van der Waals surface area contributed by atoms with Gasteiger partial charge in [0.15, 0.2) is 5.96 Å². The van der Waals surface area contributed by atoms with Crippen LogP contribution in [-0.2, 0) is 17.6 Å². The van der Waals surface area contributed by atoms with Crippen LogP contribution in [0.2, 0.25) is 0 Å². The average molecular weight is 277 g/mol.